The maximum absolute atomic E-state index is 11.8. The van der Waals surface area contributed by atoms with Crippen molar-refractivity contribution >= 4 is 7.69 Å². The van der Waals surface area contributed by atoms with Crippen LogP contribution in [0.1, 0.15) is 5.69 Å². The number of H-pyrrole nitrogens is 1. The molecule has 0 saturated carbocycles. The largest absolute Gasteiger partial charge is 0.525 e. The highest BCUT2D eigenvalue weighted by atomic mass is 19.4. The third kappa shape index (κ3) is 1.91. The van der Waals surface area contributed by atoms with E-state index in [0.717, 1.165) is 0 Å². The van der Waals surface area contributed by atoms with Crippen LogP contribution in [0.4, 0.5) is 13.2 Å². The second kappa shape index (κ2) is 3.06. The molecule has 66 valence electrons. The number of rotatable bonds is 2. The fraction of sp³-hybridized carbons (Fsp3) is 0.250. The van der Waals surface area contributed by atoms with E-state index in [1.54, 1.807) is 0 Å². The Bertz CT molecular complexity index is 261. The van der Waals surface area contributed by atoms with Crippen molar-refractivity contribution in [2.75, 3.05) is 0 Å². The fourth-order valence-electron chi connectivity index (χ4n) is 0.593. The molecule has 0 aliphatic rings. The molecule has 0 aliphatic carbocycles. The molecule has 0 spiro atoms. The minimum atomic E-state index is -4.49. The Balaban J connectivity index is 2.77. The Kier molecular flexibility index (Phi) is 2.27. The van der Waals surface area contributed by atoms with Gasteiger partial charge >= 0.3 is 13.9 Å². The lowest BCUT2D eigenvalue weighted by Gasteiger charge is -1.98. The topological polar surface area (TPSA) is 58.1 Å². The van der Waals surface area contributed by atoms with Crippen molar-refractivity contribution in [3.63, 3.8) is 0 Å². The van der Waals surface area contributed by atoms with Crippen molar-refractivity contribution in [3.05, 3.63) is 11.8 Å². The van der Waals surface area contributed by atoms with E-state index in [0.29, 0.717) is 6.07 Å². The van der Waals surface area contributed by atoms with E-state index in [1.165, 1.54) is 0 Å². The summed E-state index contributed by atoms with van der Waals surface area (Å²) in [5, 5.41) is 13.1. The quantitative estimate of drug-likeness (QED) is 0.632. The molecule has 12 heavy (non-hydrogen) atoms. The van der Waals surface area contributed by atoms with Gasteiger partial charge in [-0.05, 0) is 0 Å². The van der Waals surface area contributed by atoms with Crippen molar-refractivity contribution in [3.8, 4) is 5.88 Å². The molecule has 1 aromatic rings. The van der Waals surface area contributed by atoms with Crippen LogP contribution in [0.15, 0.2) is 6.07 Å². The molecule has 0 atom stereocenters. The Morgan fingerprint density at radius 3 is 2.67 bits per heavy atom. The molecule has 0 aromatic carbocycles. The molecule has 1 heterocycles. The molecule has 0 amide bonds. The number of alkyl halides is 3. The zero-order chi connectivity index (χ0) is 9.19. The highest BCUT2D eigenvalue weighted by Gasteiger charge is 2.34. The normalized spacial score (nSPS) is 11.3. The summed E-state index contributed by atoms with van der Waals surface area (Å²) in [6.45, 7) is 0. The lowest BCUT2D eigenvalue weighted by Crippen LogP contribution is -2.04. The maximum atomic E-state index is 11.8. The standard InChI is InChI=1S/C4H4BF3N2O2/c6-4(7,8)2-1-3(10-9-2)12-5-11/h1,5,11H,(H,9,10). The van der Waals surface area contributed by atoms with Crippen LogP contribution >= 0.6 is 0 Å². The number of halogens is 3. The van der Waals surface area contributed by atoms with Crippen molar-refractivity contribution in [1.82, 2.24) is 10.2 Å². The number of nitrogens with zero attached hydrogens (tertiary/aromatic N) is 1. The molecule has 0 saturated heterocycles. The summed E-state index contributed by atoms with van der Waals surface area (Å²) in [5.74, 6) is -0.218. The van der Waals surface area contributed by atoms with Crippen molar-refractivity contribution in [2.24, 2.45) is 0 Å². The van der Waals surface area contributed by atoms with E-state index in [1.807, 2.05) is 5.10 Å². The van der Waals surface area contributed by atoms with Crippen LogP contribution in [-0.4, -0.2) is 22.9 Å². The van der Waals surface area contributed by atoms with Gasteiger partial charge in [-0.2, -0.15) is 18.3 Å². The van der Waals surface area contributed by atoms with E-state index >= 15 is 0 Å². The van der Waals surface area contributed by atoms with Crippen LogP contribution in [0.25, 0.3) is 0 Å². The highest BCUT2D eigenvalue weighted by molar-refractivity contribution is 6.17. The second-order valence-electron chi connectivity index (χ2n) is 1.89. The first-order valence-electron chi connectivity index (χ1n) is 2.90. The summed E-state index contributed by atoms with van der Waals surface area (Å²) < 4.78 is 39.8. The minimum Gasteiger partial charge on any atom is -0.525 e. The van der Waals surface area contributed by atoms with E-state index in [-0.39, 0.29) is 5.88 Å². The molecule has 1 rings (SSSR count). The predicted octanol–water partition coefficient (Wildman–Crippen LogP) is 0.0661. The van der Waals surface area contributed by atoms with Gasteiger partial charge in [0.05, 0.1) is 0 Å². The van der Waals surface area contributed by atoms with Crippen molar-refractivity contribution in [2.45, 2.75) is 6.18 Å². The molecule has 8 heteroatoms. The van der Waals surface area contributed by atoms with Gasteiger partial charge in [0.2, 0.25) is 0 Å². The van der Waals surface area contributed by atoms with Gasteiger partial charge < -0.3 is 9.68 Å². The van der Waals surface area contributed by atoms with Crippen LogP contribution in [0, 0.1) is 0 Å². The lowest BCUT2D eigenvalue weighted by molar-refractivity contribution is -0.141. The van der Waals surface area contributed by atoms with E-state index in [4.69, 9.17) is 5.02 Å². The average Bonchev–Trinajstić information content (AvgIpc) is 2.35. The van der Waals surface area contributed by atoms with Crippen LogP contribution in [-0.2, 0) is 6.18 Å². The molecule has 1 aromatic heterocycles. The third-order valence-electron chi connectivity index (χ3n) is 1.06. The minimum absolute atomic E-state index is 0.218. The summed E-state index contributed by atoms with van der Waals surface area (Å²) >= 11 is 0. The Hall–Kier alpha value is -1.18. The summed E-state index contributed by atoms with van der Waals surface area (Å²) in [7, 11) is -0.695. The zero-order valence-corrected chi connectivity index (χ0v) is 5.72. The SMILES string of the molecule is OBOc1cc(C(F)(F)F)n[nH]1. The molecule has 4 nitrogen and oxygen atoms in total. The van der Waals surface area contributed by atoms with Gasteiger partial charge in [-0.25, -0.2) is 5.10 Å². The summed E-state index contributed by atoms with van der Waals surface area (Å²) in [6.07, 6.45) is -4.49. The van der Waals surface area contributed by atoms with Crippen molar-refractivity contribution < 1.29 is 22.8 Å². The second-order valence-corrected chi connectivity index (χ2v) is 1.89. The van der Waals surface area contributed by atoms with Crippen molar-refractivity contribution in [1.29, 1.82) is 0 Å². The van der Waals surface area contributed by atoms with E-state index < -0.39 is 19.6 Å². The average molecular weight is 180 g/mol. The van der Waals surface area contributed by atoms with Gasteiger partial charge in [0.15, 0.2) is 11.6 Å². The molecular weight excluding hydrogens is 176 g/mol. The Labute approximate surface area is 65.7 Å². The number of hydrogen-bond donors (Lipinski definition) is 2. The smallest absolute Gasteiger partial charge is 0.505 e. The van der Waals surface area contributed by atoms with Gasteiger partial charge in [-0.15, -0.1) is 0 Å². The van der Waals surface area contributed by atoms with E-state index in [9.17, 15) is 13.2 Å². The zero-order valence-electron chi connectivity index (χ0n) is 5.72. The summed E-state index contributed by atoms with van der Waals surface area (Å²) in [6, 6.07) is 0.663. The van der Waals surface area contributed by atoms with Crippen LogP contribution in [0.3, 0.4) is 0 Å². The first-order chi connectivity index (χ1) is 5.54. The van der Waals surface area contributed by atoms with Crippen LogP contribution in [0.2, 0.25) is 0 Å². The van der Waals surface area contributed by atoms with Crippen LogP contribution < -0.4 is 4.65 Å². The van der Waals surface area contributed by atoms with Crippen LogP contribution in [0.5, 0.6) is 5.88 Å². The molecule has 0 radical (unpaired) electrons. The first kappa shape index (κ1) is 8.92. The first-order valence-corrected chi connectivity index (χ1v) is 2.90. The van der Waals surface area contributed by atoms with Gasteiger partial charge in [0, 0.05) is 6.07 Å². The van der Waals surface area contributed by atoms with Gasteiger partial charge in [0.1, 0.15) is 0 Å². The molecule has 0 aliphatic heterocycles. The monoisotopic (exact) mass is 180 g/mol. The number of hydrogen-bond acceptors (Lipinski definition) is 3. The molecule has 0 unspecified atom stereocenters. The summed E-state index contributed by atoms with van der Waals surface area (Å²) in [5.41, 5.74) is -1.08. The maximum Gasteiger partial charge on any atom is 0.505 e. The molecular formula is C4H4BF3N2O2. The Morgan fingerprint density at radius 1 is 1.58 bits per heavy atom. The van der Waals surface area contributed by atoms with E-state index in [2.05, 4.69) is 9.75 Å². The number of nitrogens with one attached hydrogen (secondary N) is 1. The molecule has 0 fully saturated rings. The third-order valence-corrected chi connectivity index (χ3v) is 1.06. The molecule has 2 N–H and O–H groups in total. The summed E-state index contributed by atoms with van der Waals surface area (Å²) in [4.78, 5) is 0. The Morgan fingerprint density at radius 2 is 2.25 bits per heavy atom. The van der Waals surface area contributed by atoms with Gasteiger partial charge in [-0.1, -0.05) is 0 Å². The number of aromatic nitrogens is 2. The van der Waals surface area contributed by atoms with Gasteiger partial charge in [-0.3, -0.25) is 0 Å². The highest BCUT2D eigenvalue weighted by Crippen LogP contribution is 2.28. The fourth-order valence-corrected chi connectivity index (χ4v) is 0.593. The predicted molar refractivity (Wildman–Crippen MR) is 33.6 cm³/mol. The number of aromatic amines is 1. The van der Waals surface area contributed by atoms with Gasteiger partial charge in [0.25, 0.3) is 0 Å². The lowest BCUT2D eigenvalue weighted by atomic mass is 10.4. The molecule has 0 bridgehead atoms.